The van der Waals surface area contributed by atoms with E-state index in [9.17, 15) is 8.42 Å². The first kappa shape index (κ1) is 13.8. The smallest absolute Gasteiger partial charge is 0.196 e. The zero-order chi connectivity index (χ0) is 13.0. The number of halogens is 1. The molecule has 0 spiro atoms. The van der Waals surface area contributed by atoms with E-state index >= 15 is 0 Å². The zero-order valence-corrected chi connectivity index (χ0v) is 11.5. The molecule has 1 aromatic carbocycles. The Hall–Kier alpha value is -0.620. The minimum atomic E-state index is -3.46. The molecule has 18 heavy (non-hydrogen) atoms. The average molecular weight is 290 g/mol. The molecule has 0 saturated carbocycles. The highest BCUT2D eigenvalue weighted by Gasteiger charge is 2.27. The first-order chi connectivity index (χ1) is 8.60. The third-order valence-corrected chi connectivity index (χ3v) is 5.51. The maximum absolute atomic E-state index is 12.2. The van der Waals surface area contributed by atoms with Crippen molar-refractivity contribution in [2.45, 2.75) is 9.60 Å². The Morgan fingerprint density at radius 2 is 1.83 bits per heavy atom. The molecular weight excluding hydrogens is 274 g/mol. The Bertz CT molecular complexity index is 471. The molecule has 6 heteroatoms. The number of ether oxygens (including phenoxy) is 1. The Balaban J connectivity index is 2.05. The maximum atomic E-state index is 12.2. The molecule has 0 aromatic heterocycles. The van der Waals surface area contributed by atoms with Gasteiger partial charge >= 0.3 is 0 Å². The van der Waals surface area contributed by atoms with Crippen LogP contribution >= 0.6 is 11.6 Å². The SMILES string of the molecule is O=S(=O)(c1ccccc1)[C@@H](Cl)CN1CCOCC1. The molecule has 4 nitrogen and oxygen atoms in total. The quantitative estimate of drug-likeness (QED) is 0.785. The molecular formula is C12H16ClNO3S. The second-order valence-corrected chi connectivity index (χ2v) is 7.10. The lowest BCUT2D eigenvalue weighted by molar-refractivity contribution is 0.0398. The maximum Gasteiger partial charge on any atom is 0.196 e. The Morgan fingerprint density at radius 1 is 1.22 bits per heavy atom. The fourth-order valence-corrected chi connectivity index (χ4v) is 3.59. The van der Waals surface area contributed by atoms with Crippen molar-refractivity contribution in [3.8, 4) is 0 Å². The largest absolute Gasteiger partial charge is 0.379 e. The van der Waals surface area contributed by atoms with Gasteiger partial charge in [0.05, 0.1) is 18.1 Å². The topological polar surface area (TPSA) is 46.6 Å². The van der Waals surface area contributed by atoms with Crippen LogP contribution in [0.4, 0.5) is 0 Å². The number of nitrogens with zero attached hydrogens (tertiary/aromatic N) is 1. The second kappa shape index (κ2) is 6.02. The van der Waals surface area contributed by atoms with E-state index in [0.29, 0.717) is 19.8 Å². The molecule has 2 rings (SSSR count). The van der Waals surface area contributed by atoms with Crippen LogP contribution in [0, 0.1) is 0 Å². The van der Waals surface area contributed by atoms with Crippen LogP contribution in [0.3, 0.4) is 0 Å². The first-order valence-corrected chi connectivity index (χ1v) is 7.82. The van der Waals surface area contributed by atoms with Gasteiger partial charge in [-0.2, -0.15) is 0 Å². The molecule has 0 N–H and O–H groups in total. The van der Waals surface area contributed by atoms with Crippen LogP contribution in [-0.2, 0) is 14.6 Å². The van der Waals surface area contributed by atoms with Crippen LogP contribution in [-0.4, -0.2) is 50.9 Å². The molecule has 0 aliphatic carbocycles. The number of benzene rings is 1. The van der Waals surface area contributed by atoms with Crippen LogP contribution in [0.15, 0.2) is 35.2 Å². The number of hydrogen-bond donors (Lipinski definition) is 0. The lowest BCUT2D eigenvalue weighted by Crippen LogP contribution is -2.41. The van der Waals surface area contributed by atoms with Gasteiger partial charge in [0.15, 0.2) is 14.5 Å². The molecule has 0 amide bonds. The summed E-state index contributed by atoms with van der Waals surface area (Å²) in [6, 6.07) is 8.33. The summed E-state index contributed by atoms with van der Waals surface area (Å²) in [4.78, 5) is 2.29. The van der Waals surface area contributed by atoms with Crippen molar-refractivity contribution in [1.29, 1.82) is 0 Å². The number of sulfone groups is 1. The summed E-state index contributed by atoms with van der Waals surface area (Å²) in [6.07, 6.45) is 0. The fourth-order valence-electron chi connectivity index (χ4n) is 1.84. The van der Waals surface area contributed by atoms with E-state index < -0.39 is 14.5 Å². The van der Waals surface area contributed by atoms with Crippen molar-refractivity contribution < 1.29 is 13.2 Å². The van der Waals surface area contributed by atoms with E-state index in [-0.39, 0.29) is 4.90 Å². The molecule has 0 unspecified atom stereocenters. The number of morpholine rings is 1. The number of rotatable bonds is 4. The summed E-state index contributed by atoms with van der Waals surface area (Å²) < 4.78 is 28.7. The van der Waals surface area contributed by atoms with E-state index in [2.05, 4.69) is 0 Å². The van der Waals surface area contributed by atoms with Crippen LogP contribution in [0.1, 0.15) is 0 Å². The van der Waals surface area contributed by atoms with Gasteiger partial charge in [0.2, 0.25) is 0 Å². The van der Waals surface area contributed by atoms with Crippen molar-refractivity contribution in [1.82, 2.24) is 4.90 Å². The molecule has 1 aliphatic heterocycles. The molecule has 1 aromatic rings. The monoisotopic (exact) mass is 289 g/mol. The molecule has 0 bridgehead atoms. The van der Waals surface area contributed by atoms with Gasteiger partial charge in [-0.05, 0) is 12.1 Å². The van der Waals surface area contributed by atoms with Gasteiger partial charge in [-0.15, -0.1) is 11.6 Å². The summed E-state index contributed by atoms with van der Waals surface area (Å²) in [5.41, 5.74) is 0. The number of hydrogen-bond acceptors (Lipinski definition) is 4. The standard InChI is InChI=1S/C12H16ClNO3S/c13-12(10-14-6-8-17-9-7-14)18(15,16)11-4-2-1-3-5-11/h1-5,12H,6-10H2/t12-/m1/s1. The summed E-state index contributed by atoms with van der Waals surface area (Å²) >= 11 is 6.07. The predicted molar refractivity (Wildman–Crippen MR) is 70.5 cm³/mol. The summed E-state index contributed by atoms with van der Waals surface area (Å²) in [5, 5.41) is 0. The van der Waals surface area contributed by atoms with Crippen LogP contribution in [0.5, 0.6) is 0 Å². The van der Waals surface area contributed by atoms with Crippen LogP contribution < -0.4 is 0 Å². The van der Waals surface area contributed by atoms with Gasteiger partial charge in [-0.3, -0.25) is 4.90 Å². The molecule has 1 atom stereocenters. The third-order valence-electron chi connectivity index (χ3n) is 2.91. The van der Waals surface area contributed by atoms with E-state index in [1.807, 2.05) is 4.90 Å². The van der Waals surface area contributed by atoms with Crippen molar-refractivity contribution in [3.05, 3.63) is 30.3 Å². The van der Waals surface area contributed by atoms with E-state index in [1.165, 1.54) is 0 Å². The minimum Gasteiger partial charge on any atom is -0.379 e. The number of alkyl halides is 1. The third kappa shape index (κ3) is 3.23. The molecule has 1 aliphatic rings. The van der Waals surface area contributed by atoms with Gasteiger partial charge in [0, 0.05) is 19.6 Å². The van der Waals surface area contributed by atoms with Crippen LogP contribution in [0.25, 0.3) is 0 Å². The summed E-state index contributed by atoms with van der Waals surface area (Å²) in [6.45, 7) is 3.06. The highest BCUT2D eigenvalue weighted by molar-refractivity contribution is 7.93. The predicted octanol–water partition coefficient (Wildman–Crippen LogP) is 1.36. The van der Waals surface area contributed by atoms with E-state index in [0.717, 1.165) is 13.1 Å². The average Bonchev–Trinajstić information content (AvgIpc) is 2.41. The van der Waals surface area contributed by atoms with Gasteiger partial charge < -0.3 is 4.74 Å². The van der Waals surface area contributed by atoms with Gasteiger partial charge in [0.25, 0.3) is 0 Å². The Morgan fingerprint density at radius 3 is 2.44 bits per heavy atom. The molecule has 1 saturated heterocycles. The zero-order valence-electron chi connectivity index (χ0n) is 9.96. The van der Waals surface area contributed by atoms with Crippen LogP contribution in [0.2, 0.25) is 0 Å². The fraction of sp³-hybridized carbons (Fsp3) is 0.500. The highest BCUT2D eigenvalue weighted by Crippen LogP contribution is 2.19. The molecule has 1 heterocycles. The normalized spacial score (nSPS) is 19.6. The summed E-state index contributed by atoms with van der Waals surface area (Å²) in [7, 11) is -3.46. The van der Waals surface area contributed by atoms with E-state index in [4.69, 9.17) is 16.3 Å². The molecule has 100 valence electrons. The molecule has 0 radical (unpaired) electrons. The Kier molecular flexibility index (Phi) is 4.61. The molecule has 1 fully saturated rings. The second-order valence-electron chi connectivity index (χ2n) is 4.18. The Labute approximate surface area is 112 Å². The minimum absolute atomic E-state index is 0.276. The van der Waals surface area contributed by atoms with Gasteiger partial charge in [0.1, 0.15) is 0 Å². The highest BCUT2D eigenvalue weighted by atomic mass is 35.5. The van der Waals surface area contributed by atoms with Crippen molar-refractivity contribution >= 4 is 21.4 Å². The van der Waals surface area contributed by atoms with Crippen molar-refractivity contribution in [2.75, 3.05) is 32.8 Å². The van der Waals surface area contributed by atoms with Crippen molar-refractivity contribution in [3.63, 3.8) is 0 Å². The first-order valence-electron chi connectivity index (χ1n) is 5.84. The van der Waals surface area contributed by atoms with Gasteiger partial charge in [-0.25, -0.2) is 8.42 Å². The lowest BCUT2D eigenvalue weighted by atomic mass is 10.4. The van der Waals surface area contributed by atoms with Gasteiger partial charge in [-0.1, -0.05) is 18.2 Å². The lowest BCUT2D eigenvalue weighted by Gasteiger charge is -2.28. The van der Waals surface area contributed by atoms with E-state index in [1.54, 1.807) is 30.3 Å². The van der Waals surface area contributed by atoms with Crippen molar-refractivity contribution in [2.24, 2.45) is 0 Å². The summed E-state index contributed by atoms with van der Waals surface area (Å²) in [5.74, 6) is 0.